The molecule has 0 saturated heterocycles. The SMILES string of the molecule is Nc1cc2[nH]nc(-c3ccc(F)cc3)c2c(C(c2ccccc2)(c2ccccc2)c2ccccc2)n1. The van der Waals surface area contributed by atoms with Gasteiger partial charge in [-0.25, -0.2) is 9.37 Å². The number of nitrogens with one attached hydrogen (secondary N) is 1. The number of H-pyrrole nitrogens is 1. The van der Waals surface area contributed by atoms with Crippen LogP contribution in [0.1, 0.15) is 22.4 Å². The molecule has 0 spiro atoms. The highest BCUT2D eigenvalue weighted by Gasteiger charge is 2.42. The van der Waals surface area contributed by atoms with Gasteiger partial charge in [-0.15, -0.1) is 0 Å². The van der Waals surface area contributed by atoms with E-state index in [0.717, 1.165) is 38.9 Å². The third-order valence-electron chi connectivity index (χ3n) is 6.66. The predicted octanol–water partition coefficient (Wildman–Crippen LogP) is 6.73. The van der Waals surface area contributed by atoms with Crippen LogP contribution in [-0.2, 0) is 5.41 Å². The minimum Gasteiger partial charge on any atom is -0.384 e. The summed E-state index contributed by atoms with van der Waals surface area (Å²) in [6, 6.07) is 39.1. The van der Waals surface area contributed by atoms with Crippen molar-refractivity contribution in [1.82, 2.24) is 15.2 Å². The highest BCUT2D eigenvalue weighted by molar-refractivity contribution is 5.97. The number of nitrogens with zero attached hydrogens (tertiary/aromatic N) is 2. The lowest BCUT2D eigenvalue weighted by atomic mass is 9.66. The first-order valence-electron chi connectivity index (χ1n) is 11.8. The van der Waals surface area contributed by atoms with Crippen LogP contribution in [0.5, 0.6) is 0 Å². The Morgan fingerprint density at radius 1 is 0.667 bits per heavy atom. The van der Waals surface area contributed by atoms with E-state index in [1.807, 2.05) is 54.6 Å². The Morgan fingerprint density at radius 3 is 1.67 bits per heavy atom. The van der Waals surface area contributed by atoms with Gasteiger partial charge in [0.15, 0.2) is 0 Å². The Labute approximate surface area is 208 Å². The van der Waals surface area contributed by atoms with Crippen molar-refractivity contribution in [3.05, 3.63) is 150 Å². The average molecular weight is 471 g/mol. The first-order chi connectivity index (χ1) is 17.7. The van der Waals surface area contributed by atoms with Gasteiger partial charge in [0.1, 0.15) is 17.3 Å². The molecule has 0 aliphatic rings. The molecule has 0 bridgehead atoms. The molecule has 0 aliphatic carbocycles. The summed E-state index contributed by atoms with van der Waals surface area (Å²) in [5, 5.41) is 8.63. The van der Waals surface area contributed by atoms with Gasteiger partial charge >= 0.3 is 0 Å². The number of aromatic amines is 1. The zero-order valence-corrected chi connectivity index (χ0v) is 19.4. The molecule has 36 heavy (non-hydrogen) atoms. The number of hydrogen-bond donors (Lipinski definition) is 2. The lowest BCUT2D eigenvalue weighted by molar-refractivity contribution is 0.628. The first kappa shape index (κ1) is 21.7. The molecule has 4 aromatic carbocycles. The van der Waals surface area contributed by atoms with Crippen molar-refractivity contribution in [2.45, 2.75) is 5.41 Å². The molecule has 4 nitrogen and oxygen atoms in total. The highest BCUT2D eigenvalue weighted by atomic mass is 19.1. The fraction of sp³-hybridized carbons (Fsp3) is 0.0323. The van der Waals surface area contributed by atoms with Gasteiger partial charge < -0.3 is 5.73 Å². The highest BCUT2D eigenvalue weighted by Crippen LogP contribution is 2.48. The summed E-state index contributed by atoms with van der Waals surface area (Å²) in [5.41, 5.74) is 11.8. The van der Waals surface area contributed by atoms with Crippen molar-refractivity contribution in [3.63, 3.8) is 0 Å². The van der Waals surface area contributed by atoms with Crippen LogP contribution in [0.4, 0.5) is 10.2 Å². The number of hydrogen-bond acceptors (Lipinski definition) is 3. The van der Waals surface area contributed by atoms with Crippen LogP contribution in [0.15, 0.2) is 121 Å². The summed E-state index contributed by atoms with van der Waals surface area (Å²) >= 11 is 0. The van der Waals surface area contributed by atoms with E-state index in [4.69, 9.17) is 10.7 Å². The Morgan fingerprint density at radius 2 is 1.17 bits per heavy atom. The molecule has 6 rings (SSSR count). The molecule has 0 aliphatic heterocycles. The molecule has 5 heteroatoms. The third-order valence-corrected chi connectivity index (χ3v) is 6.66. The quantitative estimate of drug-likeness (QED) is 0.275. The Kier molecular flexibility index (Phi) is 5.30. The van der Waals surface area contributed by atoms with Gasteiger partial charge in [0.25, 0.3) is 0 Å². The summed E-state index contributed by atoms with van der Waals surface area (Å²) in [6.07, 6.45) is 0. The second-order valence-corrected chi connectivity index (χ2v) is 8.75. The molecule has 2 heterocycles. The van der Waals surface area contributed by atoms with Crippen molar-refractivity contribution in [3.8, 4) is 11.3 Å². The van der Waals surface area contributed by atoms with Crippen LogP contribution >= 0.6 is 0 Å². The summed E-state index contributed by atoms with van der Waals surface area (Å²) in [6.45, 7) is 0. The number of anilines is 1. The Hall–Kier alpha value is -4.77. The van der Waals surface area contributed by atoms with Gasteiger partial charge in [0.2, 0.25) is 0 Å². The fourth-order valence-corrected chi connectivity index (χ4v) is 5.13. The van der Waals surface area contributed by atoms with E-state index in [9.17, 15) is 4.39 Å². The van der Waals surface area contributed by atoms with Crippen molar-refractivity contribution < 1.29 is 4.39 Å². The van der Waals surface area contributed by atoms with Crippen molar-refractivity contribution >= 4 is 16.7 Å². The van der Waals surface area contributed by atoms with E-state index >= 15 is 0 Å². The van der Waals surface area contributed by atoms with Crippen LogP contribution in [0.25, 0.3) is 22.2 Å². The number of pyridine rings is 1. The largest absolute Gasteiger partial charge is 0.384 e. The van der Waals surface area contributed by atoms with E-state index in [2.05, 4.69) is 46.6 Å². The van der Waals surface area contributed by atoms with E-state index in [-0.39, 0.29) is 5.82 Å². The lowest BCUT2D eigenvalue weighted by Gasteiger charge is -2.36. The van der Waals surface area contributed by atoms with Crippen LogP contribution in [0, 0.1) is 5.82 Å². The molecule has 0 atom stereocenters. The van der Waals surface area contributed by atoms with Crippen molar-refractivity contribution in [2.75, 3.05) is 5.73 Å². The molecule has 0 fully saturated rings. The predicted molar refractivity (Wildman–Crippen MR) is 142 cm³/mol. The van der Waals surface area contributed by atoms with Crippen molar-refractivity contribution in [1.29, 1.82) is 0 Å². The van der Waals surface area contributed by atoms with Crippen LogP contribution < -0.4 is 5.73 Å². The second kappa shape index (κ2) is 8.78. The van der Waals surface area contributed by atoms with Gasteiger partial charge in [-0.3, -0.25) is 5.10 Å². The van der Waals surface area contributed by atoms with E-state index < -0.39 is 5.41 Å². The normalized spacial score (nSPS) is 11.6. The van der Waals surface area contributed by atoms with Crippen LogP contribution in [-0.4, -0.2) is 15.2 Å². The number of fused-ring (bicyclic) bond motifs is 1. The molecule has 0 unspecified atom stereocenters. The van der Waals surface area contributed by atoms with E-state index in [0.29, 0.717) is 11.5 Å². The smallest absolute Gasteiger partial charge is 0.125 e. The molecular formula is C31H23FN4. The van der Waals surface area contributed by atoms with E-state index in [1.54, 1.807) is 18.2 Å². The number of nitrogen functional groups attached to an aromatic ring is 1. The maximum absolute atomic E-state index is 13.8. The van der Waals surface area contributed by atoms with Gasteiger partial charge in [-0.2, -0.15) is 5.10 Å². The maximum atomic E-state index is 13.8. The molecule has 3 N–H and O–H groups in total. The topological polar surface area (TPSA) is 67.6 Å². The molecule has 0 radical (unpaired) electrons. The number of aromatic nitrogens is 3. The third kappa shape index (κ3) is 3.45. The van der Waals surface area contributed by atoms with Gasteiger partial charge in [0, 0.05) is 11.6 Å². The number of nitrogens with two attached hydrogens (primary N) is 1. The molecule has 2 aromatic heterocycles. The molecule has 6 aromatic rings. The molecule has 0 saturated carbocycles. The number of rotatable bonds is 5. The van der Waals surface area contributed by atoms with Crippen LogP contribution in [0.3, 0.4) is 0 Å². The zero-order valence-electron chi connectivity index (χ0n) is 19.4. The zero-order chi connectivity index (χ0) is 24.5. The number of halogens is 1. The average Bonchev–Trinajstić information content (AvgIpc) is 3.35. The second-order valence-electron chi connectivity index (χ2n) is 8.75. The van der Waals surface area contributed by atoms with Gasteiger partial charge in [-0.05, 0) is 41.0 Å². The monoisotopic (exact) mass is 470 g/mol. The summed E-state index contributed by atoms with van der Waals surface area (Å²) < 4.78 is 13.8. The van der Waals surface area contributed by atoms with Gasteiger partial charge in [-0.1, -0.05) is 91.0 Å². The minimum absolute atomic E-state index is 0.298. The van der Waals surface area contributed by atoms with E-state index in [1.165, 1.54) is 12.1 Å². The Bertz CT molecular complexity index is 1530. The van der Waals surface area contributed by atoms with Crippen molar-refractivity contribution in [2.24, 2.45) is 0 Å². The maximum Gasteiger partial charge on any atom is 0.125 e. The summed E-state index contributed by atoms with van der Waals surface area (Å²) in [7, 11) is 0. The molecule has 174 valence electrons. The first-order valence-corrected chi connectivity index (χ1v) is 11.8. The van der Waals surface area contributed by atoms with Crippen LogP contribution in [0.2, 0.25) is 0 Å². The lowest BCUT2D eigenvalue weighted by Crippen LogP contribution is -2.32. The van der Waals surface area contributed by atoms with Gasteiger partial charge in [0.05, 0.1) is 22.0 Å². The summed E-state index contributed by atoms with van der Waals surface area (Å²) in [4.78, 5) is 5.02. The molecular weight excluding hydrogens is 447 g/mol. The Balaban J connectivity index is 1.81. The molecule has 0 amide bonds. The fourth-order valence-electron chi connectivity index (χ4n) is 5.13. The standard InChI is InChI=1S/C31H23FN4/c32-25-18-16-21(17-19-25)29-28-26(35-36-29)20-27(33)34-30(28)31(22-10-4-1-5-11-22,23-12-6-2-7-13-23)24-14-8-3-9-15-24/h1-20H,(H2,33,34)(H,35,36). The number of benzene rings is 4. The summed E-state index contributed by atoms with van der Waals surface area (Å²) in [5.74, 6) is 0.0902. The minimum atomic E-state index is -0.796.